The number of allylic oxidation sites excluding steroid dienone is 3. The van der Waals surface area contributed by atoms with Crippen LogP contribution in [0.2, 0.25) is 0 Å². The van der Waals surface area contributed by atoms with E-state index in [0.717, 1.165) is 70.6 Å². The van der Waals surface area contributed by atoms with Crippen molar-refractivity contribution in [3.05, 3.63) is 24.3 Å². The molecule has 0 saturated carbocycles. The number of carbonyl (C=O) groups excluding carboxylic acids is 2. The molecule has 1 amide bonds. The van der Waals surface area contributed by atoms with Crippen LogP contribution in [0.5, 0.6) is 0 Å². The lowest BCUT2D eigenvalue weighted by Crippen LogP contribution is -2.45. The molecule has 2 atom stereocenters. The molecule has 0 saturated heterocycles. The Kier molecular flexibility index (Phi) is 49.6. The maximum absolute atomic E-state index is 12.4. The maximum atomic E-state index is 12.4. The molecule has 0 aliphatic heterocycles. The van der Waals surface area contributed by atoms with Gasteiger partial charge in [-0.3, -0.25) is 9.59 Å². The van der Waals surface area contributed by atoms with Gasteiger partial charge < -0.3 is 20.3 Å². The molecule has 0 fully saturated rings. The summed E-state index contributed by atoms with van der Waals surface area (Å²) < 4.78 is 5.46. The smallest absolute Gasteiger partial charge is 0.305 e. The molecule has 0 bridgehead atoms. The Labute approximate surface area is 380 Å². The number of ether oxygens (including phenoxy) is 1. The normalized spacial score (nSPS) is 12.8. The molecule has 0 heterocycles. The van der Waals surface area contributed by atoms with Gasteiger partial charge in [-0.15, -0.1) is 0 Å². The molecule has 0 aliphatic carbocycles. The molecule has 0 aromatic rings. The Morgan fingerprint density at radius 1 is 0.443 bits per heavy atom. The first-order valence-electron chi connectivity index (χ1n) is 27.1. The number of esters is 1. The monoisotopic (exact) mass is 860 g/mol. The number of amides is 1. The Morgan fingerprint density at radius 2 is 0.770 bits per heavy atom. The van der Waals surface area contributed by atoms with Gasteiger partial charge >= 0.3 is 5.97 Å². The molecule has 3 N–H and O–H groups in total. The van der Waals surface area contributed by atoms with Gasteiger partial charge in [0.25, 0.3) is 0 Å². The zero-order valence-electron chi connectivity index (χ0n) is 40.9. The van der Waals surface area contributed by atoms with E-state index < -0.39 is 12.1 Å². The third-order valence-electron chi connectivity index (χ3n) is 12.5. The number of aliphatic hydroxyl groups excluding tert-OH is 2. The summed E-state index contributed by atoms with van der Waals surface area (Å²) in [6, 6.07) is -0.638. The van der Waals surface area contributed by atoms with E-state index >= 15 is 0 Å². The van der Waals surface area contributed by atoms with Gasteiger partial charge in [-0.25, -0.2) is 0 Å². The minimum atomic E-state index is -0.853. The molecular formula is C55H105NO5. The number of nitrogens with one attached hydrogen (secondary N) is 1. The van der Waals surface area contributed by atoms with E-state index in [-0.39, 0.29) is 18.5 Å². The van der Waals surface area contributed by atoms with Crippen molar-refractivity contribution in [3.8, 4) is 0 Å². The lowest BCUT2D eigenvalue weighted by Gasteiger charge is -2.20. The van der Waals surface area contributed by atoms with Crippen LogP contribution in [0.25, 0.3) is 0 Å². The van der Waals surface area contributed by atoms with Crippen molar-refractivity contribution >= 4 is 11.9 Å². The van der Waals surface area contributed by atoms with Crippen molar-refractivity contribution in [2.45, 2.75) is 302 Å². The third kappa shape index (κ3) is 47.7. The minimum Gasteiger partial charge on any atom is -0.466 e. The summed E-state index contributed by atoms with van der Waals surface area (Å²) in [5, 5.41) is 23.0. The van der Waals surface area contributed by atoms with Gasteiger partial charge in [0.15, 0.2) is 0 Å². The second-order valence-electron chi connectivity index (χ2n) is 18.6. The fraction of sp³-hybridized carbons (Fsp3) is 0.891. The van der Waals surface area contributed by atoms with Crippen LogP contribution in [-0.4, -0.2) is 47.4 Å². The highest BCUT2D eigenvalue weighted by Gasteiger charge is 2.18. The lowest BCUT2D eigenvalue weighted by molar-refractivity contribution is -0.143. The van der Waals surface area contributed by atoms with Crippen LogP contribution in [0.15, 0.2) is 24.3 Å². The number of carbonyl (C=O) groups is 2. The Morgan fingerprint density at radius 3 is 1.16 bits per heavy atom. The van der Waals surface area contributed by atoms with E-state index in [1.54, 1.807) is 6.08 Å². The number of hydrogen-bond donors (Lipinski definition) is 3. The molecule has 6 heteroatoms. The van der Waals surface area contributed by atoms with Crippen LogP contribution in [0.4, 0.5) is 0 Å². The van der Waals surface area contributed by atoms with Gasteiger partial charge in [0.2, 0.25) is 5.91 Å². The Bertz CT molecular complexity index is 951. The summed E-state index contributed by atoms with van der Waals surface area (Å²) in [4.78, 5) is 24.5. The third-order valence-corrected chi connectivity index (χ3v) is 12.5. The van der Waals surface area contributed by atoms with Gasteiger partial charge in [-0.1, -0.05) is 244 Å². The number of aliphatic hydroxyl groups is 2. The SMILES string of the molecule is CCCCCCCCCCCCCC/C=C/C(O)C(CO)NC(=O)CCCCCCCCC/C=C\CCCCCCOC(=O)CCCCCCCCCCCCCCCCC. The van der Waals surface area contributed by atoms with E-state index in [4.69, 9.17) is 4.74 Å². The molecule has 2 unspecified atom stereocenters. The standard InChI is InChI=1S/C55H105NO5/c1-3-5-7-9-11-13-15-17-20-25-29-33-37-41-45-49-55(60)61-50-46-42-38-34-30-26-22-19-21-24-28-32-36-40-44-48-54(59)56-52(51-57)53(58)47-43-39-35-31-27-23-18-16-14-12-10-8-6-4-2/h22,26,43,47,52-53,57-58H,3-21,23-25,27-42,44-46,48-51H2,1-2H3,(H,56,59)/b26-22-,47-43+. The molecule has 0 aromatic carbocycles. The largest absolute Gasteiger partial charge is 0.466 e. The van der Waals surface area contributed by atoms with Gasteiger partial charge in [0, 0.05) is 12.8 Å². The van der Waals surface area contributed by atoms with Crippen molar-refractivity contribution in [1.82, 2.24) is 5.32 Å². The molecular weight excluding hydrogens is 755 g/mol. The average molecular weight is 860 g/mol. The first-order valence-corrected chi connectivity index (χ1v) is 27.1. The predicted molar refractivity (Wildman–Crippen MR) is 264 cm³/mol. The van der Waals surface area contributed by atoms with Crippen LogP contribution in [0.1, 0.15) is 290 Å². The molecule has 0 spiro atoms. The first kappa shape index (κ1) is 59.3. The van der Waals surface area contributed by atoms with Crippen LogP contribution in [0.3, 0.4) is 0 Å². The van der Waals surface area contributed by atoms with E-state index in [2.05, 4.69) is 31.3 Å². The summed E-state index contributed by atoms with van der Waals surface area (Å²) in [6.07, 6.45) is 60.4. The lowest BCUT2D eigenvalue weighted by atomic mass is 10.0. The molecule has 0 rings (SSSR count). The number of unbranched alkanes of at least 4 members (excludes halogenated alkanes) is 37. The van der Waals surface area contributed by atoms with Gasteiger partial charge in [-0.05, 0) is 57.8 Å². The van der Waals surface area contributed by atoms with Crippen molar-refractivity contribution in [2.75, 3.05) is 13.2 Å². The van der Waals surface area contributed by atoms with Crippen molar-refractivity contribution in [1.29, 1.82) is 0 Å². The second kappa shape index (κ2) is 51.0. The number of hydrogen-bond acceptors (Lipinski definition) is 5. The van der Waals surface area contributed by atoms with E-state index in [9.17, 15) is 19.8 Å². The second-order valence-corrected chi connectivity index (χ2v) is 18.6. The van der Waals surface area contributed by atoms with Crippen LogP contribution in [0, 0.1) is 0 Å². The summed E-state index contributed by atoms with van der Waals surface area (Å²) in [5.41, 5.74) is 0. The topological polar surface area (TPSA) is 95.9 Å². The predicted octanol–water partition coefficient (Wildman–Crippen LogP) is 16.3. The van der Waals surface area contributed by atoms with Gasteiger partial charge in [0.1, 0.15) is 0 Å². The van der Waals surface area contributed by atoms with Crippen LogP contribution in [-0.2, 0) is 14.3 Å². The van der Waals surface area contributed by atoms with Gasteiger partial charge in [0.05, 0.1) is 25.4 Å². The van der Waals surface area contributed by atoms with E-state index in [1.807, 2.05) is 6.08 Å². The van der Waals surface area contributed by atoms with Crippen molar-refractivity contribution < 1.29 is 24.5 Å². The maximum Gasteiger partial charge on any atom is 0.305 e. The zero-order chi connectivity index (χ0) is 44.4. The zero-order valence-corrected chi connectivity index (χ0v) is 40.9. The minimum absolute atomic E-state index is 0.00848. The average Bonchev–Trinajstić information content (AvgIpc) is 3.26. The summed E-state index contributed by atoms with van der Waals surface area (Å²) in [7, 11) is 0. The first-order chi connectivity index (χ1) is 30.0. The molecule has 0 aromatic heterocycles. The van der Waals surface area contributed by atoms with E-state index in [1.165, 1.54) is 193 Å². The highest BCUT2D eigenvalue weighted by Crippen LogP contribution is 2.16. The molecule has 61 heavy (non-hydrogen) atoms. The summed E-state index contributed by atoms with van der Waals surface area (Å²) in [5.74, 6) is -0.0912. The highest BCUT2D eigenvalue weighted by molar-refractivity contribution is 5.76. The van der Waals surface area contributed by atoms with E-state index in [0.29, 0.717) is 19.4 Å². The molecule has 6 nitrogen and oxygen atoms in total. The number of rotatable bonds is 50. The van der Waals surface area contributed by atoms with Crippen LogP contribution >= 0.6 is 0 Å². The quantitative estimate of drug-likeness (QED) is 0.0322. The fourth-order valence-electron chi connectivity index (χ4n) is 8.27. The van der Waals surface area contributed by atoms with Crippen molar-refractivity contribution in [2.24, 2.45) is 0 Å². The fourth-order valence-corrected chi connectivity index (χ4v) is 8.27. The summed E-state index contributed by atoms with van der Waals surface area (Å²) >= 11 is 0. The molecule has 0 radical (unpaired) electrons. The molecule has 0 aliphatic rings. The Hall–Kier alpha value is -1.66. The summed E-state index contributed by atoms with van der Waals surface area (Å²) in [6.45, 7) is 4.87. The van der Waals surface area contributed by atoms with Gasteiger partial charge in [-0.2, -0.15) is 0 Å². The highest BCUT2D eigenvalue weighted by atomic mass is 16.5. The molecule has 360 valence electrons. The van der Waals surface area contributed by atoms with Crippen molar-refractivity contribution in [3.63, 3.8) is 0 Å². The van der Waals surface area contributed by atoms with Crippen LogP contribution < -0.4 is 5.32 Å². The Balaban J connectivity index is 3.49.